The highest BCUT2D eigenvalue weighted by Gasteiger charge is 2.44. The molecule has 1 amide bonds. The number of carbonyl (C=O) groups is 1. The SMILES string of the molecule is CCCCCCCCCCCCCCCC/C=C\CCCCCCCCCCCCCCCCCCC(O)C(=O)NC(COC1OC(CO)C(O)C(O)C1O)C(O)C(O)CCCCCCCCCCCCCCCCCCCCCC. The van der Waals surface area contributed by atoms with Gasteiger partial charge < -0.3 is 50.5 Å². The summed E-state index contributed by atoms with van der Waals surface area (Å²) >= 11 is 0. The highest BCUT2D eigenvalue weighted by Crippen LogP contribution is 2.24. The Balaban J connectivity index is 2.15. The molecule has 9 atom stereocenters. The van der Waals surface area contributed by atoms with Gasteiger partial charge in [-0.05, 0) is 38.5 Å². The summed E-state index contributed by atoms with van der Waals surface area (Å²) in [4.78, 5) is 13.2. The summed E-state index contributed by atoms with van der Waals surface area (Å²) < 4.78 is 11.2. The summed E-state index contributed by atoms with van der Waals surface area (Å²) in [5, 5.41) is 76.5. The van der Waals surface area contributed by atoms with Gasteiger partial charge in [0.15, 0.2) is 6.29 Å². The van der Waals surface area contributed by atoms with Crippen molar-refractivity contribution >= 4 is 5.91 Å². The van der Waals surface area contributed by atoms with Gasteiger partial charge in [0, 0.05) is 0 Å². The number of hydrogen-bond acceptors (Lipinski definition) is 10. The number of ether oxygens (including phenoxy) is 2. The zero-order valence-electron chi connectivity index (χ0n) is 53.3. The van der Waals surface area contributed by atoms with Gasteiger partial charge in [0.05, 0.1) is 25.4 Å². The number of allylic oxidation sites excluding steroid dienone is 2. The summed E-state index contributed by atoms with van der Waals surface area (Å²) in [7, 11) is 0. The van der Waals surface area contributed by atoms with Gasteiger partial charge in [0.2, 0.25) is 5.91 Å². The molecule has 1 aliphatic rings. The molecule has 81 heavy (non-hydrogen) atoms. The predicted octanol–water partition coefficient (Wildman–Crippen LogP) is 17.0. The van der Waals surface area contributed by atoms with Gasteiger partial charge in [-0.2, -0.15) is 0 Å². The van der Waals surface area contributed by atoms with Crippen LogP contribution in [0.4, 0.5) is 0 Å². The Bertz CT molecular complexity index is 1320. The molecule has 8 N–H and O–H groups in total. The molecule has 11 heteroatoms. The van der Waals surface area contributed by atoms with E-state index in [2.05, 4.69) is 31.3 Å². The average Bonchev–Trinajstić information content (AvgIpc) is 3.49. The van der Waals surface area contributed by atoms with Crippen molar-refractivity contribution in [3.8, 4) is 0 Å². The van der Waals surface area contributed by atoms with E-state index < -0.39 is 74.2 Å². The molecule has 0 aromatic heterocycles. The minimum absolute atomic E-state index is 0.265. The Labute approximate surface area is 500 Å². The highest BCUT2D eigenvalue weighted by atomic mass is 16.7. The summed E-state index contributed by atoms with van der Waals surface area (Å²) in [5.41, 5.74) is 0. The van der Waals surface area contributed by atoms with Crippen LogP contribution >= 0.6 is 0 Å². The Hall–Kier alpha value is -1.15. The van der Waals surface area contributed by atoms with Crippen molar-refractivity contribution in [2.24, 2.45) is 0 Å². The second-order valence-electron chi connectivity index (χ2n) is 25.3. The van der Waals surface area contributed by atoms with Crippen molar-refractivity contribution in [1.82, 2.24) is 5.32 Å². The predicted molar refractivity (Wildman–Crippen MR) is 339 cm³/mol. The maximum Gasteiger partial charge on any atom is 0.249 e. The van der Waals surface area contributed by atoms with E-state index in [1.165, 1.54) is 283 Å². The van der Waals surface area contributed by atoms with Crippen LogP contribution < -0.4 is 5.32 Å². The summed E-state index contributed by atoms with van der Waals surface area (Å²) in [5.74, 6) is -0.689. The molecule has 0 aliphatic carbocycles. The number of amides is 1. The summed E-state index contributed by atoms with van der Waals surface area (Å²) in [6.45, 7) is 3.52. The number of unbranched alkanes of at least 4 members (excludes halogenated alkanes) is 49. The molecule has 0 aromatic rings. The van der Waals surface area contributed by atoms with Crippen molar-refractivity contribution < 1.29 is 50.0 Å². The van der Waals surface area contributed by atoms with Gasteiger partial charge in [-0.25, -0.2) is 0 Å². The van der Waals surface area contributed by atoms with Crippen molar-refractivity contribution in [3.63, 3.8) is 0 Å². The van der Waals surface area contributed by atoms with Gasteiger partial charge in [0.1, 0.15) is 36.6 Å². The van der Waals surface area contributed by atoms with Crippen LogP contribution in [0.15, 0.2) is 12.2 Å². The first kappa shape index (κ1) is 77.9. The van der Waals surface area contributed by atoms with Gasteiger partial charge in [-0.1, -0.05) is 334 Å². The number of aliphatic hydroxyl groups excluding tert-OH is 7. The smallest absolute Gasteiger partial charge is 0.249 e. The molecular weight excluding hydrogens is 1010 g/mol. The van der Waals surface area contributed by atoms with Gasteiger partial charge in [-0.15, -0.1) is 0 Å². The van der Waals surface area contributed by atoms with Crippen molar-refractivity contribution in [1.29, 1.82) is 0 Å². The Morgan fingerprint density at radius 1 is 0.420 bits per heavy atom. The number of nitrogens with one attached hydrogen (secondary N) is 1. The molecule has 482 valence electrons. The number of carbonyl (C=O) groups excluding carboxylic acids is 1. The van der Waals surface area contributed by atoms with Crippen LogP contribution in [0.2, 0.25) is 0 Å². The number of aliphatic hydroxyl groups is 7. The first-order valence-corrected chi connectivity index (χ1v) is 35.6. The zero-order chi connectivity index (χ0) is 58.9. The van der Waals surface area contributed by atoms with E-state index in [-0.39, 0.29) is 6.42 Å². The molecule has 1 fully saturated rings. The molecule has 0 radical (unpaired) electrons. The fraction of sp³-hybridized carbons (Fsp3) is 0.957. The van der Waals surface area contributed by atoms with Crippen LogP contribution in [0, 0.1) is 0 Å². The van der Waals surface area contributed by atoms with Crippen molar-refractivity contribution in [2.75, 3.05) is 13.2 Å². The third kappa shape index (κ3) is 46.7. The van der Waals surface area contributed by atoms with E-state index in [4.69, 9.17) is 9.47 Å². The third-order valence-corrected chi connectivity index (χ3v) is 17.6. The van der Waals surface area contributed by atoms with E-state index in [1.807, 2.05) is 0 Å². The molecule has 11 nitrogen and oxygen atoms in total. The first-order valence-electron chi connectivity index (χ1n) is 35.6. The van der Waals surface area contributed by atoms with Gasteiger partial charge in [0.25, 0.3) is 0 Å². The fourth-order valence-corrected chi connectivity index (χ4v) is 11.9. The quantitative estimate of drug-likeness (QED) is 0.0215. The van der Waals surface area contributed by atoms with Crippen LogP contribution in [-0.2, 0) is 14.3 Å². The highest BCUT2D eigenvalue weighted by molar-refractivity contribution is 5.80. The van der Waals surface area contributed by atoms with Crippen molar-refractivity contribution in [2.45, 2.75) is 416 Å². The number of rotatable bonds is 63. The average molecular weight is 1150 g/mol. The van der Waals surface area contributed by atoms with Crippen LogP contribution in [0.1, 0.15) is 361 Å². The Morgan fingerprint density at radius 3 is 1.04 bits per heavy atom. The van der Waals surface area contributed by atoms with Crippen LogP contribution in [0.3, 0.4) is 0 Å². The molecule has 0 spiro atoms. The molecule has 1 saturated heterocycles. The Morgan fingerprint density at radius 2 is 0.716 bits per heavy atom. The lowest BCUT2D eigenvalue weighted by Crippen LogP contribution is -2.60. The van der Waals surface area contributed by atoms with E-state index in [9.17, 15) is 40.5 Å². The normalized spacial score (nSPS) is 19.1. The maximum absolute atomic E-state index is 13.2. The topological polar surface area (TPSA) is 189 Å². The van der Waals surface area contributed by atoms with Gasteiger partial charge in [-0.3, -0.25) is 4.79 Å². The van der Waals surface area contributed by atoms with Crippen LogP contribution in [0.25, 0.3) is 0 Å². The molecule has 9 unspecified atom stereocenters. The van der Waals surface area contributed by atoms with Crippen LogP contribution in [0.5, 0.6) is 0 Å². The lowest BCUT2D eigenvalue weighted by atomic mass is 9.98. The van der Waals surface area contributed by atoms with E-state index >= 15 is 0 Å². The fourth-order valence-electron chi connectivity index (χ4n) is 11.9. The van der Waals surface area contributed by atoms with E-state index in [1.54, 1.807) is 0 Å². The maximum atomic E-state index is 13.2. The molecule has 1 heterocycles. The zero-order valence-corrected chi connectivity index (χ0v) is 53.3. The molecule has 0 saturated carbocycles. The lowest BCUT2D eigenvalue weighted by molar-refractivity contribution is -0.303. The van der Waals surface area contributed by atoms with E-state index in [0.717, 1.165) is 38.5 Å². The summed E-state index contributed by atoms with van der Waals surface area (Å²) in [6, 6.07) is -1.17. The van der Waals surface area contributed by atoms with Crippen molar-refractivity contribution in [3.05, 3.63) is 12.2 Å². The largest absolute Gasteiger partial charge is 0.394 e. The monoisotopic (exact) mass is 1150 g/mol. The second kappa shape index (κ2) is 59.2. The third-order valence-electron chi connectivity index (χ3n) is 17.6. The molecule has 0 bridgehead atoms. The molecular formula is C70H137NO10. The van der Waals surface area contributed by atoms with Gasteiger partial charge >= 0.3 is 0 Å². The summed E-state index contributed by atoms with van der Waals surface area (Å²) in [6.07, 6.45) is 61.6. The number of hydrogen-bond donors (Lipinski definition) is 8. The molecule has 0 aromatic carbocycles. The van der Waals surface area contributed by atoms with Crippen LogP contribution in [-0.4, -0.2) is 110 Å². The lowest BCUT2D eigenvalue weighted by Gasteiger charge is -2.40. The molecule has 1 aliphatic heterocycles. The Kier molecular flexibility index (Phi) is 56.9. The minimum atomic E-state index is -1.66. The van der Waals surface area contributed by atoms with E-state index in [0.29, 0.717) is 19.3 Å². The first-order chi connectivity index (χ1) is 39.7. The minimum Gasteiger partial charge on any atom is -0.394 e. The standard InChI is InChI=1S/C70H137NO10/c1-3-5-7-9-11-13-15-17-19-21-23-25-26-27-28-29-30-31-32-33-34-35-36-37-38-40-42-44-46-48-50-52-54-56-58-63(74)69(79)71-61(60-80-70-68(78)67(77)66(76)64(59-72)81-70)65(75)62(73)57-55-53-51-49-47-45-43-41-39-24-22-20-18-16-14-12-10-8-6-4-2/h29-30,61-68,70,72-78H,3-28,31-60H2,1-2H3,(H,71,79)/b30-29-. The molecule has 1 rings (SSSR count). The second-order valence-corrected chi connectivity index (χ2v) is 25.3.